The molecular weight excluding hydrogens is 340 g/mol. The summed E-state index contributed by atoms with van der Waals surface area (Å²) < 4.78 is 28.6. The standard InChI is InChI=1S/C17H22N4O3S/c1-2-20-12-16(18-13-20)25(23,24)21-10-6-7-14(11-21)17(22)19-15-8-4-3-5-9-15/h3-5,8-9,12-14H,2,6-7,10-11H2,1H3,(H,19,22). The Balaban J connectivity index is 1.71. The van der Waals surface area contributed by atoms with E-state index in [1.807, 2.05) is 37.3 Å². The predicted molar refractivity (Wildman–Crippen MR) is 94.5 cm³/mol. The van der Waals surface area contributed by atoms with Gasteiger partial charge in [-0.3, -0.25) is 4.79 Å². The van der Waals surface area contributed by atoms with E-state index < -0.39 is 10.0 Å². The number of sulfonamides is 1. The summed E-state index contributed by atoms with van der Waals surface area (Å²) in [4.78, 5) is 16.5. The van der Waals surface area contributed by atoms with Gasteiger partial charge in [0.2, 0.25) is 5.91 Å². The first-order valence-corrected chi connectivity index (χ1v) is 9.82. The third-order valence-electron chi connectivity index (χ3n) is 4.38. The number of hydrogen-bond acceptors (Lipinski definition) is 4. The molecule has 1 saturated heterocycles. The van der Waals surface area contributed by atoms with Crippen molar-refractivity contribution in [3.8, 4) is 0 Å². The SMILES string of the molecule is CCn1cnc(S(=O)(=O)N2CCCC(C(=O)Nc3ccccc3)C2)c1. The average Bonchev–Trinajstić information content (AvgIpc) is 3.13. The van der Waals surface area contributed by atoms with Crippen LogP contribution < -0.4 is 5.32 Å². The Morgan fingerprint density at radius 2 is 2.08 bits per heavy atom. The number of nitrogens with zero attached hydrogens (tertiary/aromatic N) is 3. The van der Waals surface area contributed by atoms with Crippen molar-refractivity contribution in [2.45, 2.75) is 31.3 Å². The Hall–Kier alpha value is -2.19. The van der Waals surface area contributed by atoms with Crippen LogP contribution in [0.5, 0.6) is 0 Å². The summed E-state index contributed by atoms with van der Waals surface area (Å²) in [6.07, 6.45) is 4.37. The molecule has 0 radical (unpaired) electrons. The molecular formula is C17H22N4O3S. The molecule has 1 aromatic heterocycles. The fourth-order valence-corrected chi connectivity index (χ4v) is 4.38. The van der Waals surface area contributed by atoms with E-state index >= 15 is 0 Å². The molecule has 8 heteroatoms. The minimum Gasteiger partial charge on any atom is -0.336 e. The molecule has 0 saturated carbocycles. The van der Waals surface area contributed by atoms with Crippen molar-refractivity contribution in [3.05, 3.63) is 42.9 Å². The smallest absolute Gasteiger partial charge is 0.262 e. The third kappa shape index (κ3) is 3.91. The molecule has 1 amide bonds. The number of nitrogens with one attached hydrogen (secondary N) is 1. The lowest BCUT2D eigenvalue weighted by atomic mass is 9.99. The van der Waals surface area contributed by atoms with Gasteiger partial charge in [0, 0.05) is 31.5 Å². The van der Waals surface area contributed by atoms with Crippen LogP contribution in [0.15, 0.2) is 47.9 Å². The number of aromatic nitrogens is 2. The molecule has 1 unspecified atom stereocenters. The molecule has 2 heterocycles. The molecule has 1 aromatic carbocycles. The zero-order chi connectivity index (χ0) is 17.9. The van der Waals surface area contributed by atoms with Crippen molar-refractivity contribution in [3.63, 3.8) is 0 Å². The van der Waals surface area contributed by atoms with Gasteiger partial charge in [0.1, 0.15) is 0 Å². The van der Waals surface area contributed by atoms with Crippen molar-refractivity contribution in [1.29, 1.82) is 0 Å². The fraction of sp³-hybridized carbons (Fsp3) is 0.412. The molecule has 0 bridgehead atoms. The Kier molecular flexibility index (Phi) is 5.19. The molecule has 1 fully saturated rings. The number of carbonyl (C=O) groups excluding carboxylic acids is 1. The molecule has 1 aliphatic heterocycles. The monoisotopic (exact) mass is 362 g/mol. The first-order valence-electron chi connectivity index (χ1n) is 8.38. The molecule has 7 nitrogen and oxygen atoms in total. The Labute approximate surface area is 147 Å². The maximum absolute atomic E-state index is 12.8. The molecule has 0 spiro atoms. The van der Waals surface area contributed by atoms with Gasteiger partial charge < -0.3 is 9.88 Å². The van der Waals surface area contributed by atoms with Crippen LogP contribution >= 0.6 is 0 Å². The lowest BCUT2D eigenvalue weighted by molar-refractivity contribution is -0.120. The number of piperidine rings is 1. The summed E-state index contributed by atoms with van der Waals surface area (Å²) in [5, 5.41) is 2.90. The van der Waals surface area contributed by atoms with Gasteiger partial charge in [-0.05, 0) is 31.9 Å². The molecule has 0 aliphatic carbocycles. The topological polar surface area (TPSA) is 84.3 Å². The van der Waals surface area contributed by atoms with Crippen LogP contribution in [0, 0.1) is 5.92 Å². The summed E-state index contributed by atoms with van der Waals surface area (Å²) in [5.74, 6) is -0.512. The van der Waals surface area contributed by atoms with Gasteiger partial charge in [-0.1, -0.05) is 18.2 Å². The van der Waals surface area contributed by atoms with Crippen molar-refractivity contribution in [1.82, 2.24) is 13.9 Å². The van der Waals surface area contributed by atoms with Gasteiger partial charge in [0.25, 0.3) is 10.0 Å². The summed E-state index contributed by atoms with van der Waals surface area (Å²) >= 11 is 0. The van der Waals surface area contributed by atoms with Gasteiger partial charge in [-0.25, -0.2) is 13.4 Å². The van der Waals surface area contributed by atoms with E-state index in [9.17, 15) is 13.2 Å². The van der Waals surface area contributed by atoms with E-state index in [0.29, 0.717) is 31.6 Å². The summed E-state index contributed by atoms with van der Waals surface area (Å²) in [5.41, 5.74) is 0.717. The zero-order valence-corrected chi connectivity index (χ0v) is 14.9. The van der Waals surface area contributed by atoms with E-state index in [4.69, 9.17) is 0 Å². The largest absolute Gasteiger partial charge is 0.336 e. The second-order valence-electron chi connectivity index (χ2n) is 6.10. The molecule has 25 heavy (non-hydrogen) atoms. The maximum Gasteiger partial charge on any atom is 0.262 e. The van der Waals surface area contributed by atoms with E-state index in [1.54, 1.807) is 4.57 Å². The minimum atomic E-state index is -3.67. The quantitative estimate of drug-likeness (QED) is 0.881. The maximum atomic E-state index is 12.8. The number of amides is 1. The van der Waals surface area contributed by atoms with Gasteiger partial charge in [0.15, 0.2) is 5.03 Å². The number of hydrogen-bond donors (Lipinski definition) is 1. The van der Waals surface area contributed by atoms with Crippen molar-refractivity contribution in [2.75, 3.05) is 18.4 Å². The molecule has 2 aromatic rings. The highest BCUT2D eigenvalue weighted by Crippen LogP contribution is 2.24. The van der Waals surface area contributed by atoms with E-state index in [0.717, 1.165) is 0 Å². The number of anilines is 1. The van der Waals surface area contributed by atoms with Crippen LogP contribution in [0.3, 0.4) is 0 Å². The fourth-order valence-electron chi connectivity index (χ4n) is 2.92. The third-order valence-corrected chi connectivity index (χ3v) is 6.13. The predicted octanol–water partition coefficient (Wildman–Crippen LogP) is 1.94. The molecule has 1 atom stereocenters. The molecule has 3 rings (SSSR count). The highest BCUT2D eigenvalue weighted by Gasteiger charge is 2.34. The van der Waals surface area contributed by atoms with Crippen LogP contribution in [-0.2, 0) is 21.4 Å². The zero-order valence-electron chi connectivity index (χ0n) is 14.1. The van der Waals surface area contributed by atoms with Crippen LogP contribution in [-0.4, -0.2) is 41.3 Å². The van der Waals surface area contributed by atoms with Gasteiger partial charge in [0.05, 0.1) is 12.2 Å². The summed E-state index contributed by atoms with van der Waals surface area (Å²) in [7, 11) is -3.67. The summed E-state index contributed by atoms with van der Waals surface area (Å²) in [6.45, 7) is 3.17. The number of carbonyl (C=O) groups is 1. The molecule has 1 aliphatic rings. The van der Waals surface area contributed by atoms with Gasteiger partial charge in [-0.2, -0.15) is 4.31 Å². The van der Waals surface area contributed by atoms with E-state index in [1.165, 1.54) is 16.8 Å². The normalized spacial score (nSPS) is 18.8. The van der Waals surface area contributed by atoms with Crippen LogP contribution in [0.25, 0.3) is 0 Å². The number of rotatable bonds is 5. The Morgan fingerprint density at radius 1 is 1.32 bits per heavy atom. The highest BCUT2D eigenvalue weighted by atomic mass is 32.2. The summed E-state index contributed by atoms with van der Waals surface area (Å²) in [6, 6.07) is 9.19. The average molecular weight is 362 g/mol. The van der Waals surface area contributed by atoms with E-state index in [2.05, 4.69) is 10.3 Å². The second-order valence-corrected chi connectivity index (χ2v) is 7.98. The van der Waals surface area contributed by atoms with E-state index in [-0.39, 0.29) is 23.4 Å². The first-order chi connectivity index (χ1) is 12.0. The number of imidazole rings is 1. The van der Waals surface area contributed by atoms with Crippen molar-refractivity contribution >= 4 is 21.6 Å². The Bertz CT molecular complexity index is 833. The van der Waals surface area contributed by atoms with Gasteiger partial charge >= 0.3 is 0 Å². The lowest BCUT2D eigenvalue weighted by Gasteiger charge is -2.30. The van der Waals surface area contributed by atoms with Crippen molar-refractivity contribution in [2.24, 2.45) is 5.92 Å². The number of para-hydroxylation sites is 1. The second kappa shape index (κ2) is 7.37. The molecule has 134 valence electrons. The first kappa shape index (κ1) is 17.6. The number of aryl methyl sites for hydroxylation is 1. The minimum absolute atomic E-state index is 0.0402. The van der Waals surface area contributed by atoms with Crippen LogP contribution in [0.1, 0.15) is 19.8 Å². The molecule has 1 N–H and O–H groups in total. The van der Waals surface area contributed by atoms with Crippen LogP contribution in [0.2, 0.25) is 0 Å². The van der Waals surface area contributed by atoms with Crippen LogP contribution in [0.4, 0.5) is 5.69 Å². The Morgan fingerprint density at radius 3 is 2.76 bits per heavy atom. The highest BCUT2D eigenvalue weighted by molar-refractivity contribution is 7.89. The van der Waals surface area contributed by atoms with Crippen molar-refractivity contribution < 1.29 is 13.2 Å². The lowest BCUT2D eigenvalue weighted by Crippen LogP contribution is -2.43. The number of benzene rings is 1. The van der Waals surface area contributed by atoms with Gasteiger partial charge in [-0.15, -0.1) is 0 Å².